The van der Waals surface area contributed by atoms with Gasteiger partial charge in [-0.25, -0.2) is 4.98 Å². The molecule has 1 atom stereocenters. The van der Waals surface area contributed by atoms with Crippen LogP contribution in [0.2, 0.25) is 0 Å². The van der Waals surface area contributed by atoms with E-state index in [-0.39, 0.29) is 6.42 Å². The number of carbonyl (C=O) groups is 2. The number of hydrogen-bond donors (Lipinski definition) is 2. The largest absolute Gasteiger partial charge is 0.372 e. The Kier molecular flexibility index (Phi) is 4.61. The summed E-state index contributed by atoms with van der Waals surface area (Å²) in [6.45, 7) is 1.42. The molecule has 1 unspecified atom stereocenters. The highest BCUT2D eigenvalue weighted by atomic mass is 16.3. The van der Waals surface area contributed by atoms with Gasteiger partial charge in [0.05, 0.1) is 6.33 Å². The molecule has 1 aliphatic rings. The minimum Gasteiger partial charge on any atom is -0.372 e. The van der Waals surface area contributed by atoms with Gasteiger partial charge in [-0.15, -0.1) is 0 Å². The predicted molar refractivity (Wildman–Crippen MR) is 88.2 cm³/mol. The van der Waals surface area contributed by atoms with Crippen LogP contribution in [0.4, 0.5) is 5.69 Å². The van der Waals surface area contributed by atoms with E-state index in [4.69, 9.17) is 0 Å². The van der Waals surface area contributed by atoms with E-state index in [0.29, 0.717) is 31.7 Å². The number of nitrogens with zero attached hydrogens (tertiary/aromatic N) is 3. The maximum Gasteiger partial charge on any atom is 0.268 e. The van der Waals surface area contributed by atoms with Crippen LogP contribution in [0.15, 0.2) is 49.1 Å². The van der Waals surface area contributed by atoms with Gasteiger partial charge in [0, 0.05) is 44.1 Å². The number of nitrogens with one attached hydrogen (secondary N) is 1. The van der Waals surface area contributed by atoms with Gasteiger partial charge in [-0.1, -0.05) is 18.2 Å². The molecule has 3 rings (SSSR count). The Balaban J connectivity index is 1.55. The summed E-state index contributed by atoms with van der Waals surface area (Å²) in [5.41, 5.74) is -1.29. The fourth-order valence-electron chi connectivity index (χ4n) is 2.80. The van der Waals surface area contributed by atoms with Gasteiger partial charge < -0.3 is 19.9 Å². The lowest BCUT2D eigenvalue weighted by atomic mass is 10.0. The van der Waals surface area contributed by atoms with Crippen molar-refractivity contribution in [3.63, 3.8) is 0 Å². The Bertz CT molecular complexity index is 702. The van der Waals surface area contributed by atoms with E-state index in [2.05, 4.69) is 10.3 Å². The zero-order chi connectivity index (χ0) is 17.0. The lowest BCUT2D eigenvalue weighted by Crippen LogP contribution is -2.52. The average Bonchev–Trinajstić information content (AvgIpc) is 3.22. The predicted octanol–water partition coefficient (Wildman–Crippen LogP) is 0.557. The SMILES string of the molecule is O=C(NCCCn1ccnc1)C1(O)CCN(c2ccccc2)C1=O. The number of aromatic nitrogens is 2. The highest BCUT2D eigenvalue weighted by molar-refractivity contribution is 6.16. The number of imidazole rings is 1. The highest BCUT2D eigenvalue weighted by Gasteiger charge is 2.51. The van der Waals surface area contributed by atoms with Crippen molar-refractivity contribution in [1.29, 1.82) is 0 Å². The average molecular weight is 328 g/mol. The van der Waals surface area contributed by atoms with E-state index in [9.17, 15) is 14.7 Å². The molecule has 0 saturated carbocycles. The quantitative estimate of drug-likeness (QED) is 0.599. The summed E-state index contributed by atoms with van der Waals surface area (Å²) in [6.07, 6.45) is 6.01. The van der Waals surface area contributed by atoms with Crippen molar-refractivity contribution in [1.82, 2.24) is 14.9 Å². The summed E-state index contributed by atoms with van der Waals surface area (Å²) in [5, 5.41) is 13.2. The summed E-state index contributed by atoms with van der Waals surface area (Å²) in [7, 11) is 0. The highest BCUT2D eigenvalue weighted by Crippen LogP contribution is 2.28. The van der Waals surface area contributed by atoms with Crippen molar-refractivity contribution in [3.8, 4) is 0 Å². The van der Waals surface area contributed by atoms with E-state index in [1.54, 1.807) is 24.7 Å². The fraction of sp³-hybridized carbons (Fsp3) is 0.353. The Hall–Kier alpha value is -2.67. The second-order valence-corrected chi connectivity index (χ2v) is 5.81. The van der Waals surface area contributed by atoms with Crippen LogP contribution < -0.4 is 10.2 Å². The lowest BCUT2D eigenvalue weighted by Gasteiger charge is -2.21. The third-order valence-electron chi connectivity index (χ3n) is 4.18. The van der Waals surface area contributed by atoms with Gasteiger partial charge in [0.2, 0.25) is 5.60 Å². The zero-order valence-electron chi connectivity index (χ0n) is 13.3. The Morgan fingerprint density at radius 2 is 2.12 bits per heavy atom. The summed E-state index contributed by atoms with van der Waals surface area (Å²) in [6, 6.07) is 9.05. The normalized spacial score (nSPS) is 20.4. The molecule has 2 aromatic rings. The molecule has 0 aliphatic carbocycles. The number of hydrogen-bond acceptors (Lipinski definition) is 4. The van der Waals surface area contributed by atoms with Crippen molar-refractivity contribution in [2.45, 2.75) is 25.0 Å². The van der Waals surface area contributed by atoms with Crippen molar-refractivity contribution in [2.24, 2.45) is 0 Å². The minimum absolute atomic E-state index is 0.0914. The summed E-state index contributed by atoms with van der Waals surface area (Å²) in [5.74, 6) is -1.20. The van der Waals surface area contributed by atoms with E-state index in [0.717, 1.165) is 0 Å². The van der Waals surface area contributed by atoms with Crippen LogP contribution in [0.3, 0.4) is 0 Å². The van der Waals surface area contributed by atoms with E-state index >= 15 is 0 Å². The van der Waals surface area contributed by atoms with Gasteiger partial charge in [0.1, 0.15) is 0 Å². The standard InChI is InChI=1S/C17H20N4O3/c22-15(19-8-4-10-20-12-9-18-13-20)17(24)7-11-21(16(17)23)14-5-2-1-3-6-14/h1-3,5-6,9,12-13,24H,4,7-8,10-11H2,(H,19,22). The smallest absolute Gasteiger partial charge is 0.268 e. The van der Waals surface area contributed by atoms with Crippen LogP contribution in [-0.4, -0.2) is 45.2 Å². The van der Waals surface area contributed by atoms with Gasteiger partial charge in [-0.05, 0) is 18.6 Å². The van der Waals surface area contributed by atoms with Gasteiger partial charge in [-0.3, -0.25) is 9.59 Å². The first-order valence-corrected chi connectivity index (χ1v) is 7.95. The maximum absolute atomic E-state index is 12.5. The Morgan fingerprint density at radius 3 is 2.83 bits per heavy atom. The number of rotatable bonds is 6. The van der Waals surface area contributed by atoms with Crippen molar-refractivity contribution < 1.29 is 14.7 Å². The van der Waals surface area contributed by atoms with Crippen LogP contribution in [0.25, 0.3) is 0 Å². The molecule has 1 fully saturated rings. The number of aliphatic hydroxyl groups is 1. The molecular weight excluding hydrogens is 308 g/mol. The first kappa shape index (κ1) is 16.2. The second kappa shape index (κ2) is 6.84. The third-order valence-corrected chi connectivity index (χ3v) is 4.18. The van der Waals surface area contributed by atoms with Gasteiger partial charge in [0.25, 0.3) is 11.8 Å². The molecule has 2 heterocycles. The van der Waals surface area contributed by atoms with Crippen molar-refractivity contribution >= 4 is 17.5 Å². The number of amides is 2. The molecule has 126 valence electrons. The fourth-order valence-corrected chi connectivity index (χ4v) is 2.80. The summed E-state index contributed by atoms with van der Waals surface area (Å²) in [4.78, 5) is 30.2. The second-order valence-electron chi connectivity index (χ2n) is 5.81. The van der Waals surface area contributed by atoms with Crippen LogP contribution >= 0.6 is 0 Å². The molecule has 1 aromatic carbocycles. The molecular formula is C17H20N4O3. The van der Waals surface area contributed by atoms with E-state index in [1.807, 2.05) is 29.0 Å². The molecule has 7 nitrogen and oxygen atoms in total. The molecule has 1 aromatic heterocycles. The number of aryl methyl sites for hydroxylation is 1. The molecule has 0 spiro atoms. The topological polar surface area (TPSA) is 87.5 Å². The van der Waals surface area contributed by atoms with E-state index in [1.165, 1.54) is 4.90 Å². The van der Waals surface area contributed by atoms with Crippen molar-refractivity contribution in [3.05, 3.63) is 49.1 Å². The maximum atomic E-state index is 12.5. The zero-order valence-corrected chi connectivity index (χ0v) is 13.3. The molecule has 0 bridgehead atoms. The first-order chi connectivity index (χ1) is 11.6. The molecule has 1 aliphatic heterocycles. The van der Waals surface area contributed by atoms with E-state index < -0.39 is 17.4 Å². The molecule has 2 amide bonds. The van der Waals surface area contributed by atoms with Crippen LogP contribution in [0, 0.1) is 0 Å². The van der Waals surface area contributed by atoms with Gasteiger partial charge in [-0.2, -0.15) is 0 Å². The third kappa shape index (κ3) is 3.16. The lowest BCUT2D eigenvalue weighted by molar-refractivity contribution is -0.149. The number of anilines is 1. The minimum atomic E-state index is -1.98. The van der Waals surface area contributed by atoms with Gasteiger partial charge in [0.15, 0.2) is 0 Å². The number of carbonyl (C=O) groups excluding carboxylic acids is 2. The molecule has 24 heavy (non-hydrogen) atoms. The monoisotopic (exact) mass is 328 g/mol. The Labute approximate surface area is 139 Å². The number of para-hydroxylation sites is 1. The molecule has 2 N–H and O–H groups in total. The van der Waals surface area contributed by atoms with Crippen LogP contribution in [0.1, 0.15) is 12.8 Å². The summed E-state index contributed by atoms with van der Waals surface area (Å²) >= 11 is 0. The van der Waals surface area contributed by atoms with Crippen LogP contribution in [0.5, 0.6) is 0 Å². The molecule has 0 radical (unpaired) electrons. The first-order valence-electron chi connectivity index (χ1n) is 7.95. The Morgan fingerprint density at radius 1 is 1.33 bits per heavy atom. The van der Waals surface area contributed by atoms with Crippen LogP contribution in [-0.2, 0) is 16.1 Å². The molecule has 7 heteroatoms. The number of benzene rings is 1. The molecule has 1 saturated heterocycles. The van der Waals surface area contributed by atoms with Crippen molar-refractivity contribution in [2.75, 3.05) is 18.0 Å². The summed E-state index contributed by atoms with van der Waals surface area (Å²) < 4.78 is 1.90. The van der Waals surface area contributed by atoms with Gasteiger partial charge >= 0.3 is 0 Å².